The first kappa shape index (κ1) is 17.4. The molecule has 0 spiro atoms. The normalized spacial score (nSPS) is 15.8. The summed E-state index contributed by atoms with van der Waals surface area (Å²) in [4.78, 5) is 0. The van der Waals surface area contributed by atoms with Crippen LogP contribution in [0.5, 0.6) is 0 Å². The maximum Gasteiger partial charge on any atom is 0.0898 e. The first-order chi connectivity index (χ1) is 9.54. The van der Waals surface area contributed by atoms with Crippen LogP contribution >= 0.6 is 11.6 Å². The van der Waals surface area contributed by atoms with Crippen LogP contribution in [0.25, 0.3) is 0 Å². The van der Waals surface area contributed by atoms with Crippen molar-refractivity contribution in [1.82, 2.24) is 5.32 Å². The van der Waals surface area contributed by atoms with E-state index >= 15 is 0 Å². The van der Waals surface area contributed by atoms with Gasteiger partial charge in [-0.1, -0.05) is 29.8 Å². The summed E-state index contributed by atoms with van der Waals surface area (Å²) in [6.45, 7) is 5.19. The number of hydrogen-bond acceptors (Lipinski definition) is 4. The topological polar surface area (TPSA) is 50.7 Å². The average molecular weight is 302 g/mol. The van der Waals surface area contributed by atoms with E-state index in [9.17, 15) is 5.11 Å². The summed E-state index contributed by atoms with van der Waals surface area (Å²) in [6.07, 6.45) is -0.574. The Balaban J connectivity index is 2.30. The number of nitrogens with one attached hydrogen (secondary N) is 1. The largest absolute Gasteiger partial charge is 0.389 e. The lowest BCUT2D eigenvalue weighted by atomic mass is 10.1. The van der Waals surface area contributed by atoms with Crippen molar-refractivity contribution in [1.29, 1.82) is 0 Å². The van der Waals surface area contributed by atoms with Crippen LogP contribution in [-0.4, -0.2) is 44.2 Å². The molecule has 4 nitrogen and oxygen atoms in total. The zero-order chi connectivity index (χ0) is 15.0. The molecule has 0 radical (unpaired) electrons. The third-order valence-electron chi connectivity index (χ3n) is 3.01. The van der Waals surface area contributed by atoms with Crippen molar-refractivity contribution in [3.05, 3.63) is 34.9 Å². The van der Waals surface area contributed by atoms with E-state index in [0.717, 1.165) is 10.6 Å². The fraction of sp³-hybridized carbons (Fsp3) is 0.600. The van der Waals surface area contributed by atoms with Crippen LogP contribution < -0.4 is 5.32 Å². The van der Waals surface area contributed by atoms with E-state index in [2.05, 4.69) is 5.32 Å². The summed E-state index contributed by atoms with van der Waals surface area (Å²) in [5, 5.41) is 13.8. The Kier molecular flexibility index (Phi) is 8.11. The number of halogens is 1. The number of benzene rings is 1. The Labute approximate surface area is 126 Å². The zero-order valence-electron chi connectivity index (χ0n) is 12.3. The van der Waals surface area contributed by atoms with E-state index in [-0.39, 0.29) is 18.8 Å². The van der Waals surface area contributed by atoms with Crippen LogP contribution in [-0.2, 0) is 9.47 Å². The highest BCUT2D eigenvalue weighted by Crippen LogP contribution is 2.21. The molecule has 3 atom stereocenters. The van der Waals surface area contributed by atoms with Crippen LogP contribution in [0, 0.1) is 0 Å². The van der Waals surface area contributed by atoms with Gasteiger partial charge in [0.1, 0.15) is 0 Å². The highest BCUT2D eigenvalue weighted by Gasteiger charge is 2.12. The third kappa shape index (κ3) is 6.20. The maximum absolute atomic E-state index is 9.87. The number of ether oxygens (including phenoxy) is 2. The van der Waals surface area contributed by atoms with Gasteiger partial charge in [-0.2, -0.15) is 0 Å². The second-order valence-electron chi connectivity index (χ2n) is 4.90. The minimum atomic E-state index is -0.556. The van der Waals surface area contributed by atoms with Gasteiger partial charge in [-0.15, -0.1) is 0 Å². The van der Waals surface area contributed by atoms with Crippen molar-refractivity contribution in [2.45, 2.75) is 32.1 Å². The number of aliphatic hydroxyl groups excluding tert-OH is 1. The first-order valence-electron chi connectivity index (χ1n) is 6.81. The lowest BCUT2D eigenvalue weighted by Crippen LogP contribution is -2.33. The van der Waals surface area contributed by atoms with Crippen LogP contribution in [0.1, 0.15) is 25.5 Å². The van der Waals surface area contributed by atoms with Crippen molar-refractivity contribution >= 4 is 11.6 Å². The smallest absolute Gasteiger partial charge is 0.0898 e. The predicted molar refractivity (Wildman–Crippen MR) is 81.2 cm³/mol. The molecule has 0 saturated heterocycles. The Morgan fingerprint density at radius 3 is 2.60 bits per heavy atom. The zero-order valence-corrected chi connectivity index (χ0v) is 13.1. The summed E-state index contributed by atoms with van der Waals surface area (Å²) in [5.74, 6) is 0. The second kappa shape index (κ2) is 9.32. The SMILES string of the molecule is COCC(C)OCC(O)CN[C@H](C)c1ccccc1Cl. The minimum Gasteiger partial charge on any atom is -0.389 e. The Morgan fingerprint density at radius 1 is 1.25 bits per heavy atom. The fourth-order valence-corrected chi connectivity index (χ4v) is 2.17. The van der Waals surface area contributed by atoms with E-state index < -0.39 is 6.10 Å². The monoisotopic (exact) mass is 301 g/mol. The fourth-order valence-electron chi connectivity index (χ4n) is 1.87. The van der Waals surface area contributed by atoms with Crippen molar-refractivity contribution in [2.75, 3.05) is 26.9 Å². The summed E-state index contributed by atoms with van der Waals surface area (Å²) in [5.41, 5.74) is 1.02. The van der Waals surface area contributed by atoms with Gasteiger partial charge in [0.15, 0.2) is 0 Å². The van der Waals surface area contributed by atoms with Gasteiger partial charge in [0, 0.05) is 24.7 Å². The molecule has 0 aliphatic carbocycles. The highest BCUT2D eigenvalue weighted by molar-refractivity contribution is 6.31. The quantitative estimate of drug-likeness (QED) is 0.735. The first-order valence-corrected chi connectivity index (χ1v) is 7.18. The molecule has 0 bridgehead atoms. The molecule has 0 heterocycles. The molecular formula is C15H24ClNO3. The molecular weight excluding hydrogens is 278 g/mol. The molecule has 114 valence electrons. The van der Waals surface area contributed by atoms with Crippen molar-refractivity contribution in [3.63, 3.8) is 0 Å². The Bertz CT molecular complexity index is 389. The van der Waals surface area contributed by atoms with Crippen LogP contribution in [0.4, 0.5) is 0 Å². The molecule has 2 unspecified atom stereocenters. The van der Waals surface area contributed by atoms with Crippen molar-refractivity contribution in [3.8, 4) is 0 Å². The van der Waals surface area contributed by atoms with E-state index in [1.54, 1.807) is 7.11 Å². The molecule has 1 rings (SSSR count). The molecule has 5 heteroatoms. The number of aliphatic hydroxyl groups is 1. The maximum atomic E-state index is 9.87. The molecule has 0 aliphatic rings. The molecule has 0 aromatic heterocycles. The van der Waals surface area contributed by atoms with Crippen molar-refractivity contribution in [2.24, 2.45) is 0 Å². The molecule has 1 aromatic rings. The Hall–Kier alpha value is -0.650. The number of hydrogen-bond donors (Lipinski definition) is 2. The van der Waals surface area contributed by atoms with Gasteiger partial charge in [0.25, 0.3) is 0 Å². The van der Waals surface area contributed by atoms with Gasteiger partial charge < -0.3 is 19.9 Å². The predicted octanol–water partition coefficient (Wildman–Crippen LogP) is 2.40. The van der Waals surface area contributed by atoms with E-state index in [4.69, 9.17) is 21.1 Å². The van der Waals surface area contributed by atoms with E-state index in [1.165, 1.54) is 0 Å². The average Bonchev–Trinajstić information content (AvgIpc) is 2.43. The third-order valence-corrected chi connectivity index (χ3v) is 3.35. The molecule has 0 fully saturated rings. The number of rotatable bonds is 9. The van der Waals surface area contributed by atoms with Gasteiger partial charge in [0.05, 0.1) is 25.4 Å². The van der Waals surface area contributed by atoms with Gasteiger partial charge in [-0.05, 0) is 25.5 Å². The van der Waals surface area contributed by atoms with Gasteiger partial charge in [0.2, 0.25) is 0 Å². The minimum absolute atomic E-state index is 0.0179. The highest BCUT2D eigenvalue weighted by atomic mass is 35.5. The van der Waals surface area contributed by atoms with Crippen molar-refractivity contribution < 1.29 is 14.6 Å². The summed E-state index contributed by atoms with van der Waals surface area (Å²) < 4.78 is 10.4. The van der Waals surface area contributed by atoms with Crippen LogP contribution in [0.3, 0.4) is 0 Å². The lowest BCUT2D eigenvalue weighted by molar-refractivity contribution is -0.0315. The second-order valence-corrected chi connectivity index (χ2v) is 5.31. The number of methoxy groups -OCH3 is 1. The standard InChI is InChI=1S/C15H24ClNO3/c1-11(9-19-3)20-10-13(18)8-17-12(2)14-6-4-5-7-15(14)16/h4-7,11-13,17-18H,8-10H2,1-3H3/t11?,12-,13?/m1/s1. The molecule has 0 aliphatic heterocycles. The van der Waals surface area contributed by atoms with Gasteiger partial charge in [-0.3, -0.25) is 0 Å². The van der Waals surface area contributed by atoms with Crippen LogP contribution in [0.15, 0.2) is 24.3 Å². The van der Waals surface area contributed by atoms with Crippen LogP contribution in [0.2, 0.25) is 5.02 Å². The molecule has 0 saturated carbocycles. The van der Waals surface area contributed by atoms with Gasteiger partial charge >= 0.3 is 0 Å². The summed E-state index contributed by atoms with van der Waals surface area (Å²) >= 11 is 6.13. The van der Waals surface area contributed by atoms with Gasteiger partial charge in [-0.25, -0.2) is 0 Å². The molecule has 2 N–H and O–H groups in total. The summed E-state index contributed by atoms with van der Waals surface area (Å²) in [7, 11) is 1.63. The molecule has 1 aromatic carbocycles. The van der Waals surface area contributed by atoms with E-state index in [1.807, 2.05) is 38.1 Å². The lowest BCUT2D eigenvalue weighted by Gasteiger charge is -2.20. The Morgan fingerprint density at radius 2 is 1.95 bits per heavy atom. The summed E-state index contributed by atoms with van der Waals surface area (Å²) in [6, 6.07) is 7.77. The molecule has 0 amide bonds. The van der Waals surface area contributed by atoms with E-state index in [0.29, 0.717) is 13.2 Å². The molecule has 20 heavy (non-hydrogen) atoms.